The number of nitrogens with zero attached hydrogens (tertiary/aromatic N) is 1. The van der Waals surface area contributed by atoms with Gasteiger partial charge in [0.25, 0.3) is 0 Å². The first-order valence-corrected chi connectivity index (χ1v) is 9.90. The van der Waals surface area contributed by atoms with Crippen molar-refractivity contribution in [3.63, 3.8) is 0 Å². The van der Waals surface area contributed by atoms with E-state index >= 15 is 0 Å². The Labute approximate surface area is 176 Å². The number of carbonyl (C=O) groups excluding carboxylic acids is 2. The summed E-state index contributed by atoms with van der Waals surface area (Å²) in [4.78, 5) is 26.6. The molecule has 0 spiro atoms. The standard InChI is InChI=1S/C24H27N3O3/c1-17-11-13-20(14-12-17)26-22(28)16-27(3)24(29)18(2)25-23(21-10-7-15-30-21)19-8-5-4-6-9-19/h4-15,18,23,25H,16H2,1-3H3,(H,26,28)/t18-,23-/m1/s1. The molecule has 2 aromatic carbocycles. The van der Waals surface area contributed by atoms with Crippen molar-refractivity contribution in [3.8, 4) is 0 Å². The van der Waals surface area contributed by atoms with Crippen LogP contribution in [-0.4, -0.2) is 36.3 Å². The van der Waals surface area contributed by atoms with Crippen molar-refractivity contribution in [3.05, 3.63) is 89.9 Å². The first-order valence-electron chi connectivity index (χ1n) is 9.90. The van der Waals surface area contributed by atoms with E-state index in [9.17, 15) is 9.59 Å². The molecule has 3 aromatic rings. The van der Waals surface area contributed by atoms with Gasteiger partial charge >= 0.3 is 0 Å². The summed E-state index contributed by atoms with van der Waals surface area (Å²) >= 11 is 0. The summed E-state index contributed by atoms with van der Waals surface area (Å²) in [5, 5.41) is 6.14. The number of aryl methyl sites for hydroxylation is 1. The van der Waals surface area contributed by atoms with Crippen molar-refractivity contribution >= 4 is 17.5 Å². The van der Waals surface area contributed by atoms with Crippen molar-refractivity contribution < 1.29 is 14.0 Å². The highest BCUT2D eigenvalue weighted by atomic mass is 16.3. The van der Waals surface area contributed by atoms with Gasteiger partial charge in [0.15, 0.2) is 0 Å². The molecule has 0 aliphatic heterocycles. The summed E-state index contributed by atoms with van der Waals surface area (Å²) in [6.07, 6.45) is 1.61. The summed E-state index contributed by atoms with van der Waals surface area (Å²) < 4.78 is 5.58. The molecule has 0 bridgehead atoms. The van der Waals surface area contributed by atoms with Crippen LogP contribution in [0.2, 0.25) is 0 Å². The minimum absolute atomic E-state index is 0.0323. The molecule has 0 aliphatic rings. The molecule has 30 heavy (non-hydrogen) atoms. The molecule has 2 atom stereocenters. The molecule has 1 heterocycles. The largest absolute Gasteiger partial charge is 0.467 e. The Bertz CT molecular complexity index is 953. The second-order valence-electron chi connectivity index (χ2n) is 7.36. The zero-order valence-electron chi connectivity index (χ0n) is 17.5. The van der Waals surface area contributed by atoms with Gasteiger partial charge in [0.2, 0.25) is 11.8 Å². The Hall–Kier alpha value is -3.38. The molecule has 0 radical (unpaired) electrons. The van der Waals surface area contributed by atoms with Crippen LogP contribution in [0, 0.1) is 6.92 Å². The first kappa shape index (κ1) is 21.3. The van der Waals surface area contributed by atoms with E-state index in [2.05, 4.69) is 10.6 Å². The number of benzene rings is 2. The molecule has 156 valence electrons. The fourth-order valence-corrected chi connectivity index (χ4v) is 3.23. The van der Waals surface area contributed by atoms with Gasteiger partial charge in [-0.2, -0.15) is 0 Å². The van der Waals surface area contributed by atoms with Crippen LogP contribution in [0.25, 0.3) is 0 Å². The maximum Gasteiger partial charge on any atom is 0.243 e. The third kappa shape index (κ3) is 5.58. The van der Waals surface area contributed by atoms with Gasteiger partial charge < -0.3 is 14.6 Å². The number of amides is 2. The molecule has 0 saturated heterocycles. The van der Waals surface area contributed by atoms with Gasteiger partial charge in [0.1, 0.15) is 5.76 Å². The van der Waals surface area contributed by atoms with Crippen molar-refractivity contribution in [1.82, 2.24) is 10.2 Å². The normalized spacial score (nSPS) is 12.8. The maximum atomic E-state index is 12.9. The average Bonchev–Trinajstić information content (AvgIpc) is 3.28. The lowest BCUT2D eigenvalue weighted by atomic mass is 10.0. The summed E-state index contributed by atoms with van der Waals surface area (Å²) in [5.74, 6) is 0.301. The quantitative estimate of drug-likeness (QED) is 0.599. The summed E-state index contributed by atoms with van der Waals surface area (Å²) in [7, 11) is 1.62. The summed E-state index contributed by atoms with van der Waals surface area (Å²) in [5.41, 5.74) is 2.82. The van der Waals surface area contributed by atoms with Gasteiger partial charge in [0, 0.05) is 12.7 Å². The van der Waals surface area contributed by atoms with Crippen LogP contribution < -0.4 is 10.6 Å². The van der Waals surface area contributed by atoms with Crippen molar-refractivity contribution in [2.24, 2.45) is 0 Å². The topological polar surface area (TPSA) is 74.6 Å². The van der Waals surface area contributed by atoms with Gasteiger partial charge in [0.05, 0.1) is 24.9 Å². The van der Waals surface area contributed by atoms with Crippen LogP contribution in [0.4, 0.5) is 5.69 Å². The highest BCUT2D eigenvalue weighted by Gasteiger charge is 2.25. The van der Waals surface area contributed by atoms with Gasteiger partial charge in [-0.15, -0.1) is 0 Å². The number of hydrogen-bond acceptors (Lipinski definition) is 4. The van der Waals surface area contributed by atoms with E-state index in [-0.39, 0.29) is 24.4 Å². The third-order valence-electron chi connectivity index (χ3n) is 4.84. The average molecular weight is 405 g/mol. The minimum Gasteiger partial charge on any atom is -0.467 e. The van der Waals surface area contributed by atoms with Crippen LogP contribution in [0.5, 0.6) is 0 Å². The second kappa shape index (κ2) is 9.89. The third-order valence-corrected chi connectivity index (χ3v) is 4.84. The molecule has 2 N–H and O–H groups in total. The number of anilines is 1. The number of hydrogen-bond donors (Lipinski definition) is 2. The second-order valence-corrected chi connectivity index (χ2v) is 7.36. The van der Waals surface area contributed by atoms with E-state index in [1.165, 1.54) is 4.90 Å². The van der Waals surface area contributed by atoms with E-state index in [0.29, 0.717) is 5.69 Å². The lowest BCUT2D eigenvalue weighted by Crippen LogP contribution is -2.46. The van der Waals surface area contributed by atoms with Gasteiger partial charge in [-0.25, -0.2) is 0 Å². The van der Waals surface area contributed by atoms with E-state index in [1.807, 2.05) is 73.7 Å². The molecule has 0 saturated carbocycles. The zero-order valence-corrected chi connectivity index (χ0v) is 17.5. The molecule has 6 heteroatoms. The van der Waals surface area contributed by atoms with Gasteiger partial charge in [-0.1, -0.05) is 48.0 Å². The molecule has 0 unspecified atom stereocenters. The first-order chi connectivity index (χ1) is 14.4. The van der Waals surface area contributed by atoms with Crippen LogP contribution in [0.15, 0.2) is 77.4 Å². The smallest absolute Gasteiger partial charge is 0.243 e. The zero-order chi connectivity index (χ0) is 21.5. The molecular weight excluding hydrogens is 378 g/mol. The monoisotopic (exact) mass is 405 g/mol. The van der Waals surface area contributed by atoms with Crippen LogP contribution in [0.3, 0.4) is 0 Å². The Morgan fingerprint density at radius 2 is 1.70 bits per heavy atom. The van der Waals surface area contributed by atoms with E-state index in [4.69, 9.17) is 4.42 Å². The number of nitrogens with one attached hydrogen (secondary N) is 2. The lowest BCUT2D eigenvalue weighted by molar-refractivity contribution is -0.134. The van der Waals surface area contributed by atoms with Crippen LogP contribution in [-0.2, 0) is 9.59 Å². The van der Waals surface area contributed by atoms with Crippen LogP contribution in [0.1, 0.15) is 29.9 Å². The van der Waals surface area contributed by atoms with Gasteiger partial charge in [-0.3, -0.25) is 14.9 Å². The predicted molar refractivity (Wildman–Crippen MR) is 117 cm³/mol. The highest BCUT2D eigenvalue weighted by Crippen LogP contribution is 2.23. The molecule has 6 nitrogen and oxygen atoms in total. The Morgan fingerprint density at radius 3 is 2.33 bits per heavy atom. The maximum absolute atomic E-state index is 12.9. The Morgan fingerprint density at radius 1 is 1.00 bits per heavy atom. The van der Waals surface area contributed by atoms with Crippen molar-refractivity contribution in [2.45, 2.75) is 25.9 Å². The fraction of sp³-hybridized carbons (Fsp3) is 0.250. The van der Waals surface area contributed by atoms with E-state index in [1.54, 1.807) is 20.2 Å². The fourth-order valence-electron chi connectivity index (χ4n) is 3.23. The minimum atomic E-state index is -0.516. The molecule has 0 fully saturated rings. The lowest BCUT2D eigenvalue weighted by Gasteiger charge is -2.25. The molecular formula is C24H27N3O3. The number of rotatable bonds is 8. The molecule has 0 aliphatic carbocycles. The number of carbonyl (C=O) groups is 2. The Balaban J connectivity index is 1.61. The van der Waals surface area contributed by atoms with Crippen molar-refractivity contribution in [1.29, 1.82) is 0 Å². The SMILES string of the molecule is Cc1ccc(NC(=O)CN(C)C(=O)[C@@H](C)N[C@H](c2ccccc2)c2ccco2)cc1. The highest BCUT2D eigenvalue weighted by molar-refractivity contribution is 5.95. The predicted octanol–water partition coefficient (Wildman–Crippen LogP) is 3.75. The van der Waals surface area contributed by atoms with Crippen LogP contribution >= 0.6 is 0 Å². The summed E-state index contributed by atoms with van der Waals surface area (Å²) in [6.45, 7) is 3.74. The van der Waals surface area contributed by atoms with Gasteiger partial charge in [-0.05, 0) is 43.7 Å². The number of likely N-dealkylation sites (N-methyl/N-ethyl adjacent to an activating group) is 1. The summed E-state index contributed by atoms with van der Waals surface area (Å²) in [6, 6.07) is 20.2. The van der Waals surface area contributed by atoms with E-state index in [0.717, 1.165) is 16.9 Å². The van der Waals surface area contributed by atoms with Crippen molar-refractivity contribution in [2.75, 3.05) is 18.9 Å². The molecule has 2 amide bonds. The molecule has 1 aromatic heterocycles. The van der Waals surface area contributed by atoms with E-state index < -0.39 is 6.04 Å². The molecule has 3 rings (SSSR count). The number of furan rings is 1. The Kier molecular flexibility index (Phi) is 7.03.